The summed E-state index contributed by atoms with van der Waals surface area (Å²) in [6.07, 6.45) is 44.1. The minimum atomic E-state index is -0.543. The number of carbonyl (C=O) groups excluding carboxylic acids is 5. The summed E-state index contributed by atoms with van der Waals surface area (Å²) in [5.74, 6) is -1.81. The topological polar surface area (TPSA) is 315 Å². The fraction of sp³-hybridized carbons (Fsp3) is 0.670. The summed E-state index contributed by atoms with van der Waals surface area (Å²) >= 11 is 0. The average Bonchev–Trinajstić information content (AvgIpc) is 0.890. The molecule has 0 spiro atoms. The van der Waals surface area contributed by atoms with Gasteiger partial charge in [-0.2, -0.15) is 26.3 Å². The predicted molar refractivity (Wildman–Crippen MR) is 439 cm³/mol. The van der Waals surface area contributed by atoms with Crippen molar-refractivity contribution in [2.45, 2.75) is 259 Å². The van der Waals surface area contributed by atoms with Crippen LogP contribution in [-0.2, 0) is 80.8 Å². The van der Waals surface area contributed by atoms with E-state index in [4.69, 9.17) is 62.1 Å². The Kier molecular flexibility index (Phi) is 63.5. The highest BCUT2D eigenvalue weighted by molar-refractivity contribution is 6.00. The summed E-state index contributed by atoms with van der Waals surface area (Å²) in [4.78, 5) is 60.2. The molecule has 22 heteroatoms. The lowest BCUT2D eigenvalue weighted by Crippen LogP contribution is -2.14. The summed E-state index contributed by atoms with van der Waals surface area (Å²) in [6.45, 7) is 17.2. The van der Waals surface area contributed by atoms with E-state index in [9.17, 15) is 45.0 Å². The van der Waals surface area contributed by atoms with Gasteiger partial charge in [-0.05, 0) is 260 Å². The van der Waals surface area contributed by atoms with Crippen molar-refractivity contribution in [1.29, 1.82) is 26.3 Å². The number of allylic oxidation sites excluding steroid dienone is 16. The van der Waals surface area contributed by atoms with Crippen LogP contribution in [0.15, 0.2) is 114 Å². The van der Waals surface area contributed by atoms with Gasteiger partial charge in [0.25, 0.3) is 0 Å². The van der Waals surface area contributed by atoms with Crippen LogP contribution >= 0.6 is 0 Å². The third-order valence-electron chi connectivity index (χ3n) is 18.9. The van der Waals surface area contributed by atoms with Gasteiger partial charge in [0.2, 0.25) is 0 Å². The largest absolute Gasteiger partial charge is 0.462 e. The van der Waals surface area contributed by atoms with Crippen molar-refractivity contribution in [3.8, 4) is 30.3 Å². The quantitative estimate of drug-likeness (QED) is 0.0180. The van der Waals surface area contributed by atoms with Gasteiger partial charge in [0.15, 0.2) is 5.78 Å². The molecule has 0 bridgehead atoms. The van der Waals surface area contributed by atoms with Gasteiger partial charge in [0.05, 0.1) is 32.0 Å². The molecular weight excluding hydrogens is 1440 g/mol. The van der Waals surface area contributed by atoms with Crippen molar-refractivity contribution in [2.75, 3.05) is 135 Å². The fourth-order valence-electron chi connectivity index (χ4n) is 13.0. The van der Waals surface area contributed by atoms with E-state index < -0.39 is 23.9 Å². The number of nitriles is 5. The van der Waals surface area contributed by atoms with Crippen LogP contribution in [0, 0.1) is 62.6 Å². The number of Topliss-reactive ketones (excluding diaryl/α,β-unsaturated/α-hetero) is 1. The van der Waals surface area contributed by atoms with E-state index in [0.29, 0.717) is 58.2 Å². The van der Waals surface area contributed by atoms with Gasteiger partial charge in [0, 0.05) is 102 Å². The Morgan fingerprint density at radius 2 is 0.602 bits per heavy atom. The van der Waals surface area contributed by atoms with Gasteiger partial charge in [-0.3, -0.25) is 4.79 Å². The number of esters is 4. The molecule has 0 heterocycles. The average molecular weight is 1570 g/mol. The number of unbranched alkanes of at least 4 members (excludes halogenated alkanes) is 7. The number of hydrogen-bond donors (Lipinski definition) is 0. The Bertz CT molecular complexity index is 3280. The van der Waals surface area contributed by atoms with Gasteiger partial charge in [-0.15, -0.1) is 0 Å². The van der Waals surface area contributed by atoms with Gasteiger partial charge in [-0.25, -0.2) is 19.2 Å². The van der Waals surface area contributed by atoms with Gasteiger partial charge in [-0.1, -0.05) is 85.4 Å². The molecule has 0 saturated heterocycles. The summed E-state index contributed by atoms with van der Waals surface area (Å²) < 4.78 is 61.2. The Balaban J connectivity index is 0.000000707. The lowest BCUT2D eigenvalue weighted by atomic mass is 9.88. The number of methoxy groups -OCH3 is 6. The Morgan fingerprint density at radius 1 is 0.319 bits per heavy atom. The van der Waals surface area contributed by atoms with Gasteiger partial charge >= 0.3 is 23.9 Å². The Labute approximate surface area is 678 Å². The molecule has 113 heavy (non-hydrogen) atoms. The maximum atomic E-state index is 12.3. The summed E-state index contributed by atoms with van der Waals surface area (Å²) in [7, 11) is 10.2. The first kappa shape index (κ1) is 103. The van der Waals surface area contributed by atoms with Gasteiger partial charge in [0.1, 0.15) is 65.9 Å². The predicted octanol–water partition coefficient (Wildman–Crippen LogP) is 18.8. The second-order valence-electron chi connectivity index (χ2n) is 28.6. The molecule has 0 N–H and O–H groups in total. The van der Waals surface area contributed by atoms with Crippen LogP contribution in [0.2, 0.25) is 0 Å². The molecule has 22 nitrogen and oxygen atoms in total. The van der Waals surface area contributed by atoms with Crippen LogP contribution in [0.5, 0.6) is 0 Å². The van der Waals surface area contributed by atoms with E-state index in [1.807, 2.05) is 69.4 Å². The number of hydrogen-bond acceptors (Lipinski definition) is 22. The van der Waals surface area contributed by atoms with Crippen molar-refractivity contribution in [2.24, 2.45) is 5.92 Å². The zero-order valence-electron chi connectivity index (χ0n) is 70.8. The van der Waals surface area contributed by atoms with Crippen molar-refractivity contribution < 1.29 is 80.8 Å². The summed E-state index contributed by atoms with van der Waals surface area (Å²) in [5.41, 5.74) is 11.8. The van der Waals surface area contributed by atoms with E-state index in [2.05, 4.69) is 19.1 Å². The van der Waals surface area contributed by atoms with E-state index >= 15 is 0 Å². The third-order valence-corrected chi connectivity index (χ3v) is 18.9. The molecule has 0 aromatic carbocycles. The van der Waals surface area contributed by atoms with E-state index in [1.54, 1.807) is 49.6 Å². The first-order valence-corrected chi connectivity index (χ1v) is 41.4. The van der Waals surface area contributed by atoms with E-state index in [0.717, 1.165) is 279 Å². The standard InChI is InChI=1S/C20H31NO4.C19H29NO3.C18H27NO4.C18H27NO3.C16H23NO3/c1-3-4-12-24-13-14-25-20(22)19(16-21)18-10-7-9-17(15-18)8-5-6-11-23-2;1-22-12-5-3-8-16-9-7-10-17(14-16)18(15-20)19(21)11-4-6-13-23-2;1-3-22-11-12-23-18(20)17(14-19)16-9-6-8-15(13-16)7-4-5-10-21-2;1-14(2)13-22-18(20)17(12-19)16-9-6-8-15(11-16)7-4-5-10-21-3;1-3-20-16(18)15(12-17)14-9-6-8-13(11-14)7-4-5-10-19-2/h15H,3-14H2,1-2H3;14H,3-13H2,1-2H3;13H,3-12H2,1-2H3;11,14H,4-10,13H2,1-3H3;11H,3-10H2,1-2H3/b19-18-;18-17-;2*17-16-;15-14-. The monoisotopic (exact) mass is 1570 g/mol. The SMILES string of the molecule is CCCCOCCOC(=O)/C(C#N)=C1\C=C(CCCCOC)CCC1.CCOC(=O)/C(C#N)=C1\C=C(CCCCOC)CCC1.CCOCCOC(=O)/C(C#N)=C1\C=C(CCCCOC)CCC1.COCCCCC(=O)/C(C#N)=C1\C=C(CCCCOC)CCC1.COCCCCC1=C/C(=C(/C#N)C(=O)OCC(C)C)CCC1. The highest BCUT2D eigenvalue weighted by Crippen LogP contribution is 2.33. The lowest BCUT2D eigenvalue weighted by molar-refractivity contribution is -0.141. The highest BCUT2D eigenvalue weighted by atomic mass is 16.6. The van der Waals surface area contributed by atoms with Crippen LogP contribution in [0.1, 0.15) is 259 Å². The first-order valence-electron chi connectivity index (χ1n) is 41.4. The van der Waals surface area contributed by atoms with Crippen molar-refractivity contribution >= 4 is 29.7 Å². The second kappa shape index (κ2) is 69.6. The number of ether oxygens (including phenoxy) is 12. The molecule has 0 aliphatic heterocycles. The van der Waals surface area contributed by atoms with E-state index in [1.165, 1.54) is 27.9 Å². The molecule has 628 valence electrons. The molecule has 0 amide bonds. The zero-order valence-corrected chi connectivity index (χ0v) is 70.8. The minimum absolute atomic E-state index is 0.0181. The molecule has 5 rings (SSSR count). The van der Waals surface area contributed by atoms with E-state index in [-0.39, 0.29) is 47.2 Å². The number of ketones is 1. The molecule has 5 aliphatic rings. The number of nitrogens with zero attached hydrogens (tertiary/aromatic N) is 5. The lowest BCUT2D eigenvalue weighted by Gasteiger charge is -2.16. The Hall–Kier alpha value is -7.92. The van der Waals surface area contributed by atoms with Crippen LogP contribution in [0.3, 0.4) is 0 Å². The zero-order chi connectivity index (χ0) is 83.3. The summed E-state index contributed by atoms with van der Waals surface area (Å²) in [5, 5.41) is 46.5. The highest BCUT2D eigenvalue weighted by Gasteiger charge is 2.24. The van der Waals surface area contributed by atoms with Crippen LogP contribution in [0.4, 0.5) is 0 Å². The maximum Gasteiger partial charge on any atom is 0.349 e. The maximum absolute atomic E-state index is 12.3. The molecule has 0 atom stereocenters. The first-order chi connectivity index (χ1) is 55.0. The molecule has 0 unspecified atom stereocenters. The molecule has 0 aromatic rings. The van der Waals surface area contributed by atoms with Gasteiger partial charge < -0.3 is 56.8 Å². The normalized spacial score (nSPS) is 16.6. The van der Waals surface area contributed by atoms with Crippen LogP contribution in [0.25, 0.3) is 0 Å². The minimum Gasteiger partial charge on any atom is -0.462 e. The summed E-state index contributed by atoms with van der Waals surface area (Å²) in [6, 6.07) is 10.2. The van der Waals surface area contributed by atoms with Crippen LogP contribution in [-0.4, -0.2) is 165 Å². The number of carbonyl (C=O) groups is 5. The molecule has 0 aromatic heterocycles. The van der Waals surface area contributed by atoms with Crippen molar-refractivity contribution in [1.82, 2.24) is 0 Å². The number of rotatable bonds is 48. The van der Waals surface area contributed by atoms with Crippen molar-refractivity contribution in [3.05, 3.63) is 114 Å². The molecular formula is C91H137N5O17. The smallest absolute Gasteiger partial charge is 0.349 e. The molecule has 0 radical (unpaired) electrons. The van der Waals surface area contributed by atoms with Crippen LogP contribution < -0.4 is 0 Å². The third kappa shape index (κ3) is 48.2. The molecule has 0 saturated carbocycles. The van der Waals surface area contributed by atoms with Crippen molar-refractivity contribution in [3.63, 3.8) is 0 Å². The molecule has 0 fully saturated rings. The Morgan fingerprint density at radius 3 is 0.876 bits per heavy atom. The molecule has 5 aliphatic carbocycles. The second-order valence-corrected chi connectivity index (χ2v) is 28.6. The fourth-order valence-corrected chi connectivity index (χ4v) is 13.0.